The van der Waals surface area contributed by atoms with Crippen LogP contribution in [0.15, 0.2) is 73.3 Å². The number of hydrogen-bond donors (Lipinski definition) is 0. The lowest BCUT2D eigenvalue weighted by Gasteiger charge is -2.38. The molecule has 0 N–H and O–H groups in total. The largest absolute Gasteiger partial charge is 0.468 e. The summed E-state index contributed by atoms with van der Waals surface area (Å²) in [7, 11) is 1.42. The molecule has 30 heavy (non-hydrogen) atoms. The monoisotopic (exact) mass is 405 g/mol. The van der Waals surface area contributed by atoms with Crippen LogP contribution in [0, 0.1) is 5.82 Å². The number of ether oxygens (including phenoxy) is 1. The molecule has 1 aliphatic rings. The van der Waals surface area contributed by atoms with Crippen LogP contribution in [0.3, 0.4) is 0 Å². The Morgan fingerprint density at radius 1 is 1.03 bits per heavy atom. The van der Waals surface area contributed by atoms with Gasteiger partial charge in [-0.05, 0) is 60.3 Å². The highest BCUT2D eigenvalue weighted by atomic mass is 19.1. The molecule has 2 aromatic heterocycles. The van der Waals surface area contributed by atoms with Crippen LogP contribution in [0.25, 0.3) is 0 Å². The lowest BCUT2D eigenvalue weighted by atomic mass is 9.81. The summed E-state index contributed by atoms with van der Waals surface area (Å²) < 4.78 is 18.8. The van der Waals surface area contributed by atoms with E-state index in [9.17, 15) is 9.18 Å². The molecule has 0 bridgehead atoms. The first-order valence-electron chi connectivity index (χ1n) is 10.1. The summed E-state index contributed by atoms with van der Waals surface area (Å²) in [5, 5.41) is 0. The van der Waals surface area contributed by atoms with Gasteiger partial charge in [0, 0.05) is 36.7 Å². The van der Waals surface area contributed by atoms with Gasteiger partial charge in [0.25, 0.3) is 0 Å². The highest BCUT2D eigenvalue weighted by Gasteiger charge is 2.41. The van der Waals surface area contributed by atoms with Crippen molar-refractivity contribution >= 4 is 5.97 Å². The van der Waals surface area contributed by atoms with Gasteiger partial charge in [-0.1, -0.05) is 24.3 Å². The van der Waals surface area contributed by atoms with Crippen molar-refractivity contribution in [2.75, 3.05) is 13.7 Å². The Bertz CT molecular complexity index is 927. The van der Waals surface area contributed by atoms with Gasteiger partial charge >= 0.3 is 5.97 Å². The molecule has 0 amide bonds. The average Bonchev–Trinajstić information content (AvgIpc) is 3.28. The molecule has 4 rings (SSSR count). The normalized spacial score (nSPS) is 17.8. The van der Waals surface area contributed by atoms with E-state index in [0.717, 1.165) is 36.1 Å². The Morgan fingerprint density at radius 2 is 1.67 bits per heavy atom. The van der Waals surface area contributed by atoms with Crippen molar-refractivity contribution in [2.45, 2.75) is 30.8 Å². The summed E-state index contributed by atoms with van der Waals surface area (Å²) >= 11 is 0. The van der Waals surface area contributed by atoms with Crippen molar-refractivity contribution in [3.63, 3.8) is 0 Å². The third kappa shape index (κ3) is 4.09. The van der Waals surface area contributed by atoms with Gasteiger partial charge < -0.3 is 4.74 Å². The van der Waals surface area contributed by atoms with Gasteiger partial charge in [0.2, 0.25) is 0 Å². The first-order valence-corrected chi connectivity index (χ1v) is 10.1. The fourth-order valence-electron chi connectivity index (χ4n) is 4.42. The number of pyridine rings is 2. The number of methoxy groups -OCH3 is 1. The fourth-order valence-corrected chi connectivity index (χ4v) is 4.42. The molecule has 2 unspecified atom stereocenters. The van der Waals surface area contributed by atoms with Gasteiger partial charge in [-0.15, -0.1) is 0 Å². The first-order chi connectivity index (χ1) is 14.7. The van der Waals surface area contributed by atoms with Crippen molar-refractivity contribution in [3.8, 4) is 0 Å². The molecule has 0 spiro atoms. The smallest absolute Gasteiger partial charge is 0.323 e. The molecule has 1 saturated heterocycles. The van der Waals surface area contributed by atoms with Crippen LogP contribution in [0.1, 0.15) is 41.5 Å². The lowest BCUT2D eigenvalue weighted by Crippen LogP contribution is -2.42. The molecule has 1 aliphatic heterocycles. The maximum atomic E-state index is 13.7. The van der Waals surface area contributed by atoms with Crippen molar-refractivity contribution in [2.24, 2.45) is 0 Å². The zero-order valence-electron chi connectivity index (χ0n) is 16.8. The number of likely N-dealkylation sites (tertiary alicyclic amines) is 1. The zero-order valence-corrected chi connectivity index (χ0v) is 16.8. The van der Waals surface area contributed by atoms with E-state index in [-0.39, 0.29) is 29.8 Å². The summed E-state index contributed by atoms with van der Waals surface area (Å²) in [4.78, 5) is 23.4. The average molecular weight is 405 g/mol. The van der Waals surface area contributed by atoms with E-state index in [1.165, 1.54) is 19.2 Å². The van der Waals surface area contributed by atoms with Crippen LogP contribution in [-0.4, -0.2) is 40.5 Å². The maximum Gasteiger partial charge on any atom is 0.323 e. The molecular weight excluding hydrogens is 381 g/mol. The molecule has 5 nitrogen and oxygen atoms in total. The summed E-state index contributed by atoms with van der Waals surface area (Å²) in [6.07, 6.45) is 8.80. The van der Waals surface area contributed by atoms with Crippen molar-refractivity contribution in [3.05, 3.63) is 95.8 Å². The van der Waals surface area contributed by atoms with Crippen molar-refractivity contribution < 1.29 is 13.9 Å². The molecule has 1 fully saturated rings. The Labute approximate surface area is 175 Å². The summed E-state index contributed by atoms with van der Waals surface area (Å²) in [6, 6.07) is 13.9. The van der Waals surface area contributed by atoms with Crippen LogP contribution in [0.5, 0.6) is 0 Å². The number of halogens is 1. The van der Waals surface area contributed by atoms with Crippen LogP contribution in [0.2, 0.25) is 0 Å². The third-order valence-electron chi connectivity index (χ3n) is 5.74. The summed E-state index contributed by atoms with van der Waals surface area (Å²) in [5.41, 5.74) is 2.95. The van der Waals surface area contributed by atoms with E-state index < -0.39 is 0 Å². The first kappa shape index (κ1) is 20.2. The number of benzene rings is 1. The van der Waals surface area contributed by atoms with E-state index in [0.29, 0.717) is 0 Å². The summed E-state index contributed by atoms with van der Waals surface area (Å²) in [6.45, 7) is 0.749. The van der Waals surface area contributed by atoms with E-state index in [4.69, 9.17) is 4.74 Å². The second-order valence-electron chi connectivity index (χ2n) is 7.47. The predicted molar refractivity (Wildman–Crippen MR) is 111 cm³/mol. The number of aromatic nitrogens is 2. The Balaban J connectivity index is 1.88. The topological polar surface area (TPSA) is 55.3 Å². The van der Waals surface area contributed by atoms with Gasteiger partial charge in [-0.3, -0.25) is 19.7 Å². The molecule has 6 heteroatoms. The number of esters is 1. The molecular formula is C24H24FN3O2. The summed E-state index contributed by atoms with van der Waals surface area (Å²) in [5.74, 6) is -0.665. The number of carbonyl (C=O) groups is 1. The Morgan fingerprint density at radius 3 is 2.20 bits per heavy atom. The molecule has 3 heterocycles. The number of hydrogen-bond acceptors (Lipinski definition) is 5. The number of rotatable bonds is 6. The minimum absolute atomic E-state index is 0.136. The molecule has 0 saturated carbocycles. The van der Waals surface area contributed by atoms with E-state index in [2.05, 4.69) is 14.9 Å². The molecule has 3 aromatic rings. The maximum absolute atomic E-state index is 13.7. The standard InChI is InChI=1S/C24H24FN3O2/c1-30-24(29)21-7-4-14-28(21)23(17-8-10-20(25)11-9-17)22(18-5-2-12-26-15-18)19-6-3-13-27-16-19/h2-3,5-6,8-13,15-16,21-23H,4,7,14H2,1H3. The van der Waals surface area contributed by atoms with Crippen LogP contribution in [-0.2, 0) is 9.53 Å². The molecule has 0 aliphatic carbocycles. The molecule has 2 atom stereocenters. The number of nitrogens with zero attached hydrogens (tertiary/aromatic N) is 3. The molecule has 0 radical (unpaired) electrons. The second-order valence-corrected chi connectivity index (χ2v) is 7.47. The zero-order chi connectivity index (χ0) is 20.9. The van der Waals surface area contributed by atoms with Gasteiger partial charge in [-0.2, -0.15) is 0 Å². The van der Waals surface area contributed by atoms with Gasteiger partial charge in [0.15, 0.2) is 0 Å². The van der Waals surface area contributed by atoms with Crippen molar-refractivity contribution in [1.29, 1.82) is 0 Å². The van der Waals surface area contributed by atoms with Gasteiger partial charge in [-0.25, -0.2) is 4.39 Å². The second kappa shape index (κ2) is 9.13. The van der Waals surface area contributed by atoms with Crippen LogP contribution in [0.4, 0.5) is 4.39 Å². The number of carbonyl (C=O) groups excluding carboxylic acids is 1. The van der Waals surface area contributed by atoms with Crippen molar-refractivity contribution in [1.82, 2.24) is 14.9 Å². The minimum Gasteiger partial charge on any atom is -0.468 e. The van der Waals surface area contributed by atoms with Gasteiger partial charge in [0.1, 0.15) is 11.9 Å². The highest BCUT2D eigenvalue weighted by Crippen LogP contribution is 2.43. The third-order valence-corrected chi connectivity index (χ3v) is 5.74. The predicted octanol–water partition coefficient (Wildman–Crippen LogP) is 4.13. The van der Waals surface area contributed by atoms with Gasteiger partial charge in [0.05, 0.1) is 7.11 Å². The lowest BCUT2D eigenvalue weighted by molar-refractivity contribution is -0.146. The Hall–Kier alpha value is -3.12. The SMILES string of the molecule is COC(=O)C1CCCN1C(c1ccc(F)cc1)C(c1cccnc1)c1cccnc1. The van der Waals surface area contributed by atoms with E-state index in [1.54, 1.807) is 24.5 Å². The highest BCUT2D eigenvalue weighted by molar-refractivity contribution is 5.76. The van der Waals surface area contributed by atoms with Crippen LogP contribution < -0.4 is 0 Å². The minimum atomic E-state index is -0.346. The van der Waals surface area contributed by atoms with Crippen LogP contribution >= 0.6 is 0 Å². The quantitative estimate of drug-likeness (QED) is 0.578. The fraction of sp³-hybridized carbons (Fsp3) is 0.292. The Kier molecular flexibility index (Phi) is 6.14. The van der Waals surface area contributed by atoms with E-state index in [1.807, 2.05) is 36.7 Å². The molecule has 1 aromatic carbocycles. The van der Waals surface area contributed by atoms with E-state index >= 15 is 0 Å². The molecule has 154 valence electrons.